The Morgan fingerprint density at radius 2 is 1.20 bits per heavy atom. The maximum Gasteiger partial charge on any atom is 0.136 e. The highest BCUT2D eigenvalue weighted by Gasteiger charge is 2.31. The smallest absolute Gasteiger partial charge is 0.136 e. The predicted octanol–water partition coefficient (Wildman–Crippen LogP) is 16.2. The number of hydrogen-bond acceptors (Lipinski definition) is 2. The Balaban J connectivity index is 1.07. The molecule has 2 atom stereocenters. The Hall–Kier alpha value is -7.03. The van der Waals surface area contributed by atoms with Crippen molar-refractivity contribution in [3.05, 3.63) is 210 Å². The lowest BCUT2D eigenvalue weighted by Crippen LogP contribution is -2.19. The summed E-state index contributed by atoms with van der Waals surface area (Å²) < 4.78 is 6.50. The topological polar surface area (TPSA) is 25.5 Å². The molecule has 0 aliphatic carbocycles. The van der Waals surface area contributed by atoms with Crippen LogP contribution in [0.15, 0.2) is 203 Å². The minimum Gasteiger partial charge on any atom is -0.456 e. The fourth-order valence-corrected chi connectivity index (χ4v) is 10.1. The number of allylic oxidation sites excluding steroid dienone is 1. The van der Waals surface area contributed by atoms with E-state index in [0.717, 1.165) is 41.2 Å². The molecule has 2 unspecified atom stereocenters. The van der Waals surface area contributed by atoms with Crippen molar-refractivity contribution >= 4 is 65.5 Å². The Morgan fingerprint density at radius 3 is 2.05 bits per heavy atom. The van der Waals surface area contributed by atoms with Crippen LogP contribution in [-0.2, 0) is 0 Å². The number of fused-ring (bicyclic) bond motifs is 7. The highest BCUT2D eigenvalue weighted by Crippen LogP contribution is 2.46. The molecule has 1 aliphatic heterocycles. The van der Waals surface area contributed by atoms with E-state index < -0.39 is 0 Å². The van der Waals surface area contributed by atoms with Crippen molar-refractivity contribution in [1.29, 1.82) is 0 Å². The Bertz CT molecular complexity index is 3330. The summed E-state index contributed by atoms with van der Waals surface area (Å²) in [6.45, 7) is 4.72. The van der Waals surface area contributed by atoms with Gasteiger partial charge in [0.05, 0.1) is 6.04 Å². The van der Waals surface area contributed by atoms with Crippen LogP contribution in [0.3, 0.4) is 0 Å². The minimum absolute atomic E-state index is 0.0774. The van der Waals surface area contributed by atoms with Crippen LogP contribution in [0.1, 0.15) is 55.8 Å². The maximum atomic E-state index is 6.50. The van der Waals surface area contributed by atoms with Crippen molar-refractivity contribution in [3.63, 3.8) is 0 Å². The van der Waals surface area contributed by atoms with E-state index in [1.807, 2.05) is 0 Å². The lowest BCUT2D eigenvalue weighted by atomic mass is 9.77. The Labute approximate surface area is 351 Å². The third kappa shape index (κ3) is 6.23. The van der Waals surface area contributed by atoms with Crippen LogP contribution >= 0.6 is 0 Å². The van der Waals surface area contributed by atoms with Gasteiger partial charge >= 0.3 is 0 Å². The summed E-state index contributed by atoms with van der Waals surface area (Å²) in [4.78, 5) is 5.95. The summed E-state index contributed by atoms with van der Waals surface area (Å²) in [6.07, 6.45) is 2.75. The molecule has 288 valence electrons. The summed E-state index contributed by atoms with van der Waals surface area (Å²) in [5.74, 6) is 0.155. The highest BCUT2D eigenvalue weighted by molar-refractivity contribution is 6.19. The molecule has 60 heavy (non-hydrogen) atoms. The van der Waals surface area contributed by atoms with Crippen LogP contribution in [0.25, 0.3) is 82.1 Å². The van der Waals surface area contributed by atoms with Crippen LogP contribution in [0, 0.1) is 5.92 Å². The Morgan fingerprint density at radius 1 is 0.483 bits per heavy atom. The number of hydrogen-bond donors (Lipinski definition) is 0. The van der Waals surface area contributed by atoms with Crippen LogP contribution in [0.2, 0.25) is 0 Å². The van der Waals surface area contributed by atoms with Gasteiger partial charge in [-0.1, -0.05) is 164 Å². The molecule has 0 saturated heterocycles. The van der Waals surface area contributed by atoms with Gasteiger partial charge in [0.15, 0.2) is 0 Å². The molecule has 2 nitrogen and oxygen atoms in total. The van der Waals surface area contributed by atoms with Crippen LogP contribution < -0.4 is 0 Å². The molecule has 0 bridgehead atoms. The molecule has 11 rings (SSSR count). The number of rotatable bonds is 6. The second-order valence-corrected chi connectivity index (χ2v) is 16.5. The van der Waals surface area contributed by atoms with E-state index in [9.17, 15) is 0 Å². The van der Waals surface area contributed by atoms with E-state index in [-0.39, 0.29) is 12.0 Å². The van der Waals surface area contributed by atoms with E-state index in [1.165, 1.54) is 88.1 Å². The first kappa shape index (κ1) is 36.1. The summed E-state index contributed by atoms with van der Waals surface area (Å²) in [5.41, 5.74) is 14.4. The number of benzene rings is 9. The number of furan rings is 1. The lowest BCUT2D eigenvalue weighted by Gasteiger charge is -2.32. The molecule has 0 N–H and O–H groups in total. The first-order valence-electron chi connectivity index (χ1n) is 21.4. The van der Waals surface area contributed by atoms with E-state index in [4.69, 9.17) is 9.41 Å². The zero-order valence-electron chi connectivity index (χ0n) is 34.0. The molecule has 0 radical (unpaired) electrons. The van der Waals surface area contributed by atoms with Gasteiger partial charge < -0.3 is 4.42 Å². The second kappa shape index (κ2) is 15.0. The third-order valence-corrected chi connectivity index (χ3v) is 13.0. The zero-order chi connectivity index (χ0) is 40.2. The van der Waals surface area contributed by atoms with Crippen molar-refractivity contribution < 1.29 is 4.42 Å². The van der Waals surface area contributed by atoms with Gasteiger partial charge in [0, 0.05) is 28.0 Å². The molecule has 9 aromatic carbocycles. The first-order chi connectivity index (χ1) is 29.6. The predicted molar refractivity (Wildman–Crippen MR) is 255 cm³/mol. The van der Waals surface area contributed by atoms with Gasteiger partial charge in [-0.15, -0.1) is 0 Å². The average molecular weight is 772 g/mol. The fourth-order valence-electron chi connectivity index (χ4n) is 10.1. The van der Waals surface area contributed by atoms with Crippen LogP contribution in [0.4, 0.5) is 0 Å². The normalized spacial score (nSPS) is 17.3. The summed E-state index contributed by atoms with van der Waals surface area (Å²) in [6, 6.07) is 68.6. The monoisotopic (exact) mass is 771 g/mol. The van der Waals surface area contributed by atoms with Gasteiger partial charge in [-0.3, -0.25) is 4.99 Å². The second-order valence-electron chi connectivity index (χ2n) is 16.5. The Kier molecular flexibility index (Phi) is 9.00. The van der Waals surface area contributed by atoms with Crippen molar-refractivity contribution in [2.75, 3.05) is 0 Å². The maximum absolute atomic E-state index is 6.50. The molecule has 0 saturated carbocycles. The van der Waals surface area contributed by atoms with E-state index in [1.54, 1.807) is 0 Å². The molecule has 0 spiro atoms. The fraction of sp³-hybridized carbons (Fsp3) is 0.121. The van der Waals surface area contributed by atoms with Crippen LogP contribution in [-0.4, -0.2) is 5.71 Å². The van der Waals surface area contributed by atoms with Crippen molar-refractivity contribution in [2.24, 2.45) is 10.9 Å². The van der Waals surface area contributed by atoms with Gasteiger partial charge in [-0.25, -0.2) is 0 Å². The molecule has 2 heteroatoms. The minimum atomic E-state index is -0.0774. The largest absolute Gasteiger partial charge is 0.456 e. The molecule has 0 amide bonds. The molecule has 1 aromatic heterocycles. The van der Waals surface area contributed by atoms with E-state index >= 15 is 0 Å². The number of aliphatic imine (C=N–C) groups is 1. The summed E-state index contributed by atoms with van der Waals surface area (Å²) in [7, 11) is 0. The molecular weight excluding hydrogens is 727 g/mol. The molecular formula is C58H45NO. The standard InChI is InChI=1S/C58H45NO/c1-3-46-56(44-21-13-20-42(34-44)48-25-14-26-55-57(48)52-35-41(30-32-54(52)60-55)38-15-5-4-6-16-38)37(2)27-31-53(59-58(46)45-29-28-39-17-7-8-18-40(39)33-45)51-36-43-19-9-10-22-47(43)49-23-11-12-24-50(49)51/h4-26,28-30,32-36,46,58H,3,27,31H2,1-2H3/b56-37+,59-53?. The van der Waals surface area contributed by atoms with Gasteiger partial charge in [0.25, 0.3) is 0 Å². The lowest BCUT2D eigenvalue weighted by molar-refractivity contribution is 0.517. The molecule has 2 heterocycles. The SMILES string of the molecule is CCC1/C(c2cccc(-c3cccc4oc5ccc(-c6ccccc6)cc5c34)c2)=C(\C)CCC(c2cc3ccccc3c3ccccc23)=NC1c1ccc2ccccc2c1. The third-order valence-electron chi connectivity index (χ3n) is 13.0. The van der Waals surface area contributed by atoms with Crippen molar-refractivity contribution in [1.82, 2.24) is 0 Å². The number of nitrogens with zero attached hydrogens (tertiary/aromatic N) is 1. The summed E-state index contributed by atoms with van der Waals surface area (Å²) >= 11 is 0. The molecule has 10 aromatic rings. The summed E-state index contributed by atoms with van der Waals surface area (Å²) in [5, 5.41) is 9.89. The zero-order valence-corrected chi connectivity index (χ0v) is 34.0. The van der Waals surface area contributed by atoms with Gasteiger partial charge in [0.2, 0.25) is 0 Å². The highest BCUT2D eigenvalue weighted by atomic mass is 16.3. The van der Waals surface area contributed by atoms with Gasteiger partial charge in [-0.05, 0) is 134 Å². The van der Waals surface area contributed by atoms with E-state index in [0.29, 0.717) is 0 Å². The van der Waals surface area contributed by atoms with Gasteiger partial charge in [-0.2, -0.15) is 0 Å². The van der Waals surface area contributed by atoms with Gasteiger partial charge in [0.1, 0.15) is 11.2 Å². The first-order valence-corrected chi connectivity index (χ1v) is 21.4. The molecule has 0 fully saturated rings. The van der Waals surface area contributed by atoms with Crippen LogP contribution in [0.5, 0.6) is 0 Å². The van der Waals surface area contributed by atoms with Crippen molar-refractivity contribution in [3.8, 4) is 22.3 Å². The quantitative estimate of drug-likeness (QED) is 0.155. The van der Waals surface area contributed by atoms with E-state index in [2.05, 4.69) is 202 Å². The molecule has 1 aliphatic rings. The average Bonchev–Trinajstić information content (AvgIpc) is 3.69. The van der Waals surface area contributed by atoms with Crippen molar-refractivity contribution in [2.45, 2.75) is 39.2 Å².